The van der Waals surface area contributed by atoms with Gasteiger partial charge in [-0.15, -0.1) is 0 Å². The molecule has 1 unspecified atom stereocenters. The standard InChI is InChI=1S/C18H21NO4/c1-12(13-5-7-14(20)8-6-13)18(21)19(2)16-10-9-15(22-3)11-17(16)23-4/h5-12,20H,1-4H3. The molecule has 0 saturated carbocycles. The molecule has 0 spiro atoms. The number of rotatable bonds is 5. The van der Waals surface area contributed by atoms with Gasteiger partial charge in [-0.3, -0.25) is 4.79 Å². The Hall–Kier alpha value is -2.69. The Labute approximate surface area is 136 Å². The van der Waals surface area contributed by atoms with Gasteiger partial charge in [0.2, 0.25) is 5.91 Å². The summed E-state index contributed by atoms with van der Waals surface area (Å²) in [6, 6.07) is 12.0. The number of hydrogen-bond donors (Lipinski definition) is 1. The second kappa shape index (κ2) is 7.05. The maximum absolute atomic E-state index is 12.7. The molecule has 0 radical (unpaired) electrons. The quantitative estimate of drug-likeness (QED) is 0.920. The van der Waals surface area contributed by atoms with E-state index in [4.69, 9.17) is 9.47 Å². The molecule has 2 aromatic rings. The molecule has 0 heterocycles. The highest BCUT2D eigenvalue weighted by Gasteiger charge is 2.22. The third-order valence-corrected chi connectivity index (χ3v) is 3.84. The monoisotopic (exact) mass is 315 g/mol. The fourth-order valence-corrected chi connectivity index (χ4v) is 2.38. The number of carbonyl (C=O) groups excluding carboxylic acids is 1. The maximum Gasteiger partial charge on any atom is 0.234 e. The third kappa shape index (κ3) is 3.56. The lowest BCUT2D eigenvalue weighted by Crippen LogP contribution is -2.30. The fourth-order valence-electron chi connectivity index (χ4n) is 2.38. The summed E-state index contributed by atoms with van der Waals surface area (Å²) >= 11 is 0. The van der Waals surface area contributed by atoms with Gasteiger partial charge in [0, 0.05) is 13.1 Å². The van der Waals surface area contributed by atoms with E-state index in [1.54, 1.807) is 68.6 Å². The number of benzene rings is 2. The number of aromatic hydroxyl groups is 1. The van der Waals surface area contributed by atoms with Gasteiger partial charge in [-0.25, -0.2) is 0 Å². The van der Waals surface area contributed by atoms with Crippen LogP contribution in [-0.4, -0.2) is 32.3 Å². The van der Waals surface area contributed by atoms with Gasteiger partial charge in [0.1, 0.15) is 17.2 Å². The number of anilines is 1. The second-order valence-electron chi connectivity index (χ2n) is 5.25. The number of ether oxygens (including phenoxy) is 2. The van der Waals surface area contributed by atoms with Gasteiger partial charge in [0.25, 0.3) is 0 Å². The molecule has 2 rings (SSSR count). The summed E-state index contributed by atoms with van der Waals surface area (Å²) in [6.45, 7) is 1.83. The molecule has 5 heteroatoms. The highest BCUT2D eigenvalue weighted by molar-refractivity contribution is 5.98. The van der Waals surface area contributed by atoms with Gasteiger partial charge < -0.3 is 19.5 Å². The predicted octanol–water partition coefficient (Wildman–Crippen LogP) is 3.18. The van der Waals surface area contributed by atoms with E-state index in [9.17, 15) is 9.90 Å². The van der Waals surface area contributed by atoms with E-state index in [2.05, 4.69) is 0 Å². The van der Waals surface area contributed by atoms with Crippen molar-refractivity contribution in [2.45, 2.75) is 12.8 Å². The number of hydrogen-bond acceptors (Lipinski definition) is 4. The van der Waals surface area contributed by atoms with E-state index >= 15 is 0 Å². The maximum atomic E-state index is 12.7. The number of amides is 1. The largest absolute Gasteiger partial charge is 0.508 e. The van der Waals surface area contributed by atoms with Gasteiger partial charge in [-0.05, 0) is 36.8 Å². The molecule has 0 fully saturated rings. The Morgan fingerprint density at radius 3 is 2.30 bits per heavy atom. The van der Waals surface area contributed by atoms with E-state index in [1.165, 1.54) is 0 Å². The minimum atomic E-state index is -0.340. The van der Waals surface area contributed by atoms with Crippen molar-refractivity contribution in [2.24, 2.45) is 0 Å². The van der Waals surface area contributed by atoms with Gasteiger partial charge in [0.05, 0.1) is 25.8 Å². The number of carbonyl (C=O) groups is 1. The molecule has 23 heavy (non-hydrogen) atoms. The van der Waals surface area contributed by atoms with Crippen LogP contribution in [0.3, 0.4) is 0 Å². The Kier molecular flexibility index (Phi) is 5.11. The summed E-state index contributed by atoms with van der Waals surface area (Å²) in [5.74, 6) is 1.00. The first-order chi connectivity index (χ1) is 11.0. The topological polar surface area (TPSA) is 59.0 Å². The van der Waals surface area contributed by atoms with Crippen molar-refractivity contribution in [2.75, 3.05) is 26.2 Å². The number of likely N-dealkylation sites (N-methyl/N-ethyl adjacent to an activating group) is 1. The van der Waals surface area contributed by atoms with E-state index in [1.807, 2.05) is 6.92 Å². The first kappa shape index (κ1) is 16.7. The molecule has 122 valence electrons. The molecule has 0 aliphatic rings. The van der Waals surface area contributed by atoms with Crippen LogP contribution in [0.4, 0.5) is 5.69 Å². The van der Waals surface area contributed by atoms with Crippen LogP contribution in [0.25, 0.3) is 0 Å². The Morgan fingerprint density at radius 2 is 1.74 bits per heavy atom. The summed E-state index contributed by atoms with van der Waals surface area (Å²) in [6.07, 6.45) is 0. The zero-order valence-corrected chi connectivity index (χ0v) is 13.7. The highest BCUT2D eigenvalue weighted by Crippen LogP contribution is 2.33. The molecule has 1 atom stereocenters. The Bertz CT molecular complexity index is 682. The summed E-state index contributed by atoms with van der Waals surface area (Å²) < 4.78 is 10.5. The van der Waals surface area contributed by atoms with Gasteiger partial charge in [-0.2, -0.15) is 0 Å². The first-order valence-corrected chi connectivity index (χ1v) is 7.26. The average molecular weight is 315 g/mol. The van der Waals surface area contributed by atoms with E-state index in [0.717, 1.165) is 5.56 Å². The van der Waals surface area contributed by atoms with Crippen LogP contribution in [0.15, 0.2) is 42.5 Å². The zero-order valence-electron chi connectivity index (χ0n) is 13.7. The predicted molar refractivity (Wildman–Crippen MR) is 89.5 cm³/mol. The minimum absolute atomic E-state index is 0.0702. The van der Waals surface area contributed by atoms with Crippen molar-refractivity contribution < 1.29 is 19.4 Å². The molecule has 1 amide bonds. The number of methoxy groups -OCH3 is 2. The van der Waals surface area contributed by atoms with Gasteiger partial charge in [0.15, 0.2) is 0 Å². The van der Waals surface area contributed by atoms with Gasteiger partial charge in [-0.1, -0.05) is 12.1 Å². The van der Waals surface area contributed by atoms with Crippen LogP contribution in [0.2, 0.25) is 0 Å². The lowest BCUT2D eigenvalue weighted by molar-refractivity contribution is -0.119. The van der Waals surface area contributed by atoms with Crippen molar-refractivity contribution in [1.82, 2.24) is 0 Å². The molecule has 1 N–H and O–H groups in total. The SMILES string of the molecule is COc1ccc(N(C)C(=O)C(C)c2ccc(O)cc2)c(OC)c1. The Balaban J connectivity index is 2.27. The average Bonchev–Trinajstić information content (AvgIpc) is 2.59. The molecule has 0 aromatic heterocycles. The van der Waals surface area contributed by atoms with E-state index < -0.39 is 0 Å². The number of phenolic OH excluding ortho intramolecular Hbond substituents is 1. The van der Waals surface area contributed by atoms with Crippen LogP contribution in [0.1, 0.15) is 18.4 Å². The Morgan fingerprint density at radius 1 is 1.09 bits per heavy atom. The highest BCUT2D eigenvalue weighted by atomic mass is 16.5. The smallest absolute Gasteiger partial charge is 0.234 e. The molecule has 0 saturated heterocycles. The molecular formula is C18H21NO4. The summed E-state index contributed by atoms with van der Waals surface area (Å²) in [7, 11) is 4.85. The molecule has 5 nitrogen and oxygen atoms in total. The van der Waals surface area contributed by atoms with Crippen molar-refractivity contribution in [3.8, 4) is 17.2 Å². The van der Waals surface area contributed by atoms with Crippen LogP contribution in [-0.2, 0) is 4.79 Å². The molecule has 2 aromatic carbocycles. The number of nitrogens with zero attached hydrogens (tertiary/aromatic N) is 1. The normalized spacial score (nSPS) is 11.7. The summed E-state index contributed by atoms with van der Waals surface area (Å²) in [5, 5.41) is 9.36. The lowest BCUT2D eigenvalue weighted by atomic mass is 9.99. The van der Waals surface area contributed by atoms with Crippen molar-refractivity contribution >= 4 is 11.6 Å². The first-order valence-electron chi connectivity index (χ1n) is 7.26. The minimum Gasteiger partial charge on any atom is -0.508 e. The van der Waals surface area contributed by atoms with Gasteiger partial charge >= 0.3 is 0 Å². The van der Waals surface area contributed by atoms with Crippen LogP contribution in [0, 0.1) is 0 Å². The van der Waals surface area contributed by atoms with Crippen LogP contribution >= 0.6 is 0 Å². The van der Waals surface area contributed by atoms with Crippen molar-refractivity contribution in [3.63, 3.8) is 0 Å². The van der Waals surface area contributed by atoms with Crippen molar-refractivity contribution in [1.29, 1.82) is 0 Å². The second-order valence-corrected chi connectivity index (χ2v) is 5.25. The third-order valence-electron chi connectivity index (χ3n) is 3.84. The van der Waals surface area contributed by atoms with Crippen LogP contribution in [0.5, 0.6) is 17.2 Å². The molecule has 0 aliphatic carbocycles. The zero-order chi connectivity index (χ0) is 17.0. The number of phenols is 1. The molecular weight excluding hydrogens is 294 g/mol. The molecule has 0 aliphatic heterocycles. The fraction of sp³-hybridized carbons (Fsp3) is 0.278. The lowest BCUT2D eigenvalue weighted by Gasteiger charge is -2.24. The summed E-state index contributed by atoms with van der Waals surface area (Å²) in [5.41, 5.74) is 1.51. The molecule has 0 bridgehead atoms. The van der Waals surface area contributed by atoms with Crippen LogP contribution < -0.4 is 14.4 Å². The summed E-state index contributed by atoms with van der Waals surface area (Å²) in [4.78, 5) is 14.3. The van der Waals surface area contributed by atoms with E-state index in [-0.39, 0.29) is 17.6 Å². The van der Waals surface area contributed by atoms with E-state index in [0.29, 0.717) is 17.2 Å². The van der Waals surface area contributed by atoms with Crippen molar-refractivity contribution in [3.05, 3.63) is 48.0 Å².